The number of hydrogen-bond donors (Lipinski definition) is 2. The van der Waals surface area contributed by atoms with Crippen LogP contribution in [0.4, 0.5) is 0 Å². The van der Waals surface area contributed by atoms with Gasteiger partial charge in [-0.2, -0.15) is 0 Å². The van der Waals surface area contributed by atoms with Gasteiger partial charge in [0.2, 0.25) is 0 Å². The molecule has 0 spiro atoms. The van der Waals surface area contributed by atoms with E-state index in [1.165, 1.54) is 0 Å². The summed E-state index contributed by atoms with van der Waals surface area (Å²) in [7, 11) is -3.57. The van der Waals surface area contributed by atoms with Crippen molar-refractivity contribution in [3.63, 3.8) is 0 Å². The minimum Gasteiger partial charge on any atom is -0.334 e. The fourth-order valence-electron chi connectivity index (χ4n) is 2.64. The zero-order chi connectivity index (χ0) is 14.8. The van der Waals surface area contributed by atoms with Gasteiger partial charge in [0.1, 0.15) is 5.82 Å². The normalized spacial score (nSPS) is 23.9. The van der Waals surface area contributed by atoms with Crippen molar-refractivity contribution in [2.24, 2.45) is 5.73 Å². The van der Waals surface area contributed by atoms with Crippen molar-refractivity contribution in [3.8, 4) is 0 Å². The Morgan fingerprint density at radius 1 is 1.45 bits per heavy atom. The molecular weight excluding hydrogens is 276 g/mol. The summed E-state index contributed by atoms with van der Waals surface area (Å²) in [6.45, 7) is 4.64. The first kappa shape index (κ1) is 15.5. The summed E-state index contributed by atoms with van der Waals surface area (Å²) in [5.74, 6) is 0.722. The van der Waals surface area contributed by atoms with Gasteiger partial charge in [-0.25, -0.2) is 18.1 Å². The van der Waals surface area contributed by atoms with E-state index >= 15 is 0 Å². The average molecular weight is 300 g/mol. The topological polar surface area (TPSA) is 90.0 Å². The first-order valence-electron chi connectivity index (χ1n) is 7.25. The Hall–Kier alpha value is -0.920. The molecule has 0 amide bonds. The van der Waals surface area contributed by atoms with E-state index in [1.54, 1.807) is 6.20 Å². The third kappa shape index (κ3) is 3.39. The molecule has 0 bridgehead atoms. The van der Waals surface area contributed by atoms with E-state index in [9.17, 15) is 8.42 Å². The molecule has 1 saturated carbocycles. The Morgan fingerprint density at radius 2 is 2.15 bits per heavy atom. The summed E-state index contributed by atoms with van der Waals surface area (Å²) in [4.78, 5) is 4.16. The van der Waals surface area contributed by atoms with Crippen LogP contribution in [0.2, 0.25) is 0 Å². The fourth-order valence-corrected chi connectivity index (χ4v) is 3.97. The van der Waals surface area contributed by atoms with Gasteiger partial charge in [0.15, 0.2) is 5.03 Å². The summed E-state index contributed by atoms with van der Waals surface area (Å²) >= 11 is 0. The minimum absolute atomic E-state index is 0.0984. The van der Waals surface area contributed by atoms with E-state index in [1.807, 2.05) is 18.4 Å². The molecular formula is C13H24N4O2S. The summed E-state index contributed by atoms with van der Waals surface area (Å²) in [5.41, 5.74) is 5.99. The molecule has 1 heterocycles. The van der Waals surface area contributed by atoms with Gasteiger partial charge >= 0.3 is 0 Å². The summed E-state index contributed by atoms with van der Waals surface area (Å²) in [6.07, 6.45) is 6.31. The van der Waals surface area contributed by atoms with Crippen LogP contribution in [0.1, 0.15) is 44.9 Å². The van der Waals surface area contributed by atoms with Crippen molar-refractivity contribution in [2.75, 3.05) is 0 Å². The van der Waals surface area contributed by atoms with E-state index in [-0.39, 0.29) is 17.1 Å². The Kier molecular flexibility index (Phi) is 4.82. The number of rotatable bonds is 5. The molecule has 20 heavy (non-hydrogen) atoms. The van der Waals surface area contributed by atoms with Crippen LogP contribution >= 0.6 is 0 Å². The molecule has 6 nitrogen and oxygen atoms in total. The lowest BCUT2D eigenvalue weighted by Crippen LogP contribution is -2.49. The van der Waals surface area contributed by atoms with Crippen LogP contribution in [0, 0.1) is 6.92 Å². The van der Waals surface area contributed by atoms with Crippen molar-refractivity contribution >= 4 is 10.0 Å². The van der Waals surface area contributed by atoms with Crippen LogP contribution in [0.15, 0.2) is 11.2 Å². The molecule has 0 aliphatic heterocycles. The largest absolute Gasteiger partial charge is 0.334 e. The Bertz CT molecular complexity index is 553. The van der Waals surface area contributed by atoms with Crippen molar-refractivity contribution in [3.05, 3.63) is 12.0 Å². The van der Waals surface area contributed by atoms with Crippen molar-refractivity contribution in [2.45, 2.75) is 69.6 Å². The summed E-state index contributed by atoms with van der Waals surface area (Å²) in [6, 6.07) is -0.275. The zero-order valence-corrected chi connectivity index (χ0v) is 13.0. The van der Waals surface area contributed by atoms with Gasteiger partial charge in [-0.1, -0.05) is 19.8 Å². The molecule has 114 valence electrons. The zero-order valence-electron chi connectivity index (χ0n) is 12.2. The molecule has 1 fully saturated rings. The maximum Gasteiger partial charge on any atom is 0.259 e. The first-order valence-corrected chi connectivity index (χ1v) is 8.74. The number of nitrogens with one attached hydrogen (secondary N) is 1. The van der Waals surface area contributed by atoms with Gasteiger partial charge in [0, 0.05) is 24.8 Å². The van der Waals surface area contributed by atoms with Gasteiger partial charge < -0.3 is 10.3 Å². The third-order valence-electron chi connectivity index (χ3n) is 3.82. The van der Waals surface area contributed by atoms with E-state index in [2.05, 4.69) is 9.71 Å². The van der Waals surface area contributed by atoms with Gasteiger partial charge in [0.25, 0.3) is 10.0 Å². The second kappa shape index (κ2) is 6.24. The molecule has 0 saturated heterocycles. The van der Waals surface area contributed by atoms with Gasteiger partial charge in [-0.05, 0) is 26.2 Å². The molecule has 1 aromatic heterocycles. The highest BCUT2D eigenvalue weighted by atomic mass is 32.2. The SMILES string of the molecule is CCCn1cc(S(=O)(=O)N[C@@H]2CCCC[C@H]2N)nc1C. The number of hydrogen-bond acceptors (Lipinski definition) is 4. The van der Waals surface area contributed by atoms with Crippen LogP contribution in [0.25, 0.3) is 0 Å². The fraction of sp³-hybridized carbons (Fsp3) is 0.769. The van der Waals surface area contributed by atoms with E-state index in [0.29, 0.717) is 0 Å². The minimum atomic E-state index is -3.57. The standard InChI is InChI=1S/C13H24N4O2S/c1-3-8-17-9-13(15-10(17)2)20(18,19)16-12-7-5-4-6-11(12)14/h9,11-12,16H,3-8,14H2,1-2H3/t11-,12-/m1/s1. The first-order chi connectivity index (χ1) is 9.44. The van der Waals surface area contributed by atoms with Crippen LogP contribution in [-0.2, 0) is 16.6 Å². The predicted molar refractivity (Wildman–Crippen MR) is 77.8 cm³/mol. The monoisotopic (exact) mass is 300 g/mol. The number of nitrogens with zero attached hydrogens (tertiary/aromatic N) is 2. The number of aromatic nitrogens is 2. The predicted octanol–water partition coefficient (Wildman–Crippen LogP) is 1.15. The number of aryl methyl sites for hydroxylation is 2. The molecule has 0 aromatic carbocycles. The summed E-state index contributed by atoms with van der Waals surface area (Å²) < 4.78 is 29.3. The van der Waals surface area contributed by atoms with E-state index in [0.717, 1.165) is 44.5 Å². The second-order valence-electron chi connectivity index (χ2n) is 5.50. The molecule has 2 rings (SSSR count). The highest BCUT2D eigenvalue weighted by Crippen LogP contribution is 2.19. The molecule has 0 radical (unpaired) electrons. The summed E-state index contributed by atoms with van der Waals surface area (Å²) in [5, 5.41) is 0.0984. The van der Waals surface area contributed by atoms with Crippen molar-refractivity contribution in [1.82, 2.24) is 14.3 Å². The Morgan fingerprint density at radius 3 is 2.80 bits per heavy atom. The second-order valence-corrected chi connectivity index (χ2v) is 7.16. The quantitative estimate of drug-likeness (QED) is 0.853. The molecule has 1 aromatic rings. The molecule has 0 unspecified atom stereocenters. The molecule has 1 aliphatic rings. The van der Waals surface area contributed by atoms with Crippen LogP contribution in [0.3, 0.4) is 0 Å². The Labute approximate surface area is 120 Å². The Balaban J connectivity index is 2.15. The van der Waals surface area contributed by atoms with Gasteiger partial charge in [-0.3, -0.25) is 0 Å². The van der Waals surface area contributed by atoms with Crippen LogP contribution < -0.4 is 10.5 Å². The van der Waals surface area contributed by atoms with E-state index in [4.69, 9.17) is 5.73 Å². The molecule has 1 aliphatic carbocycles. The van der Waals surface area contributed by atoms with Gasteiger partial charge in [0.05, 0.1) is 0 Å². The van der Waals surface area contributed by atoms with Crippen molar-refractivity contribution in [1.29, 1.82) is 0 Å². The maximum atomic E-state index is 12.4. The van der Waals surface area contributed by atoms with E-state index < -0.39 is 10.0 Å². The number of sulfonamides is 1. The van der Waals surface area contributed by atoms with Crippen LogP contribution in [0.5, 0.6) is 0 Å². The average Bonchev–Trinajstić information content (AvgIpc) is 2.75. The lowest BCUT2D eigenvalue weighted by atomic mass is 9.92. The highest BCUT2D eigenvalue weighted by Gasteiger charge is 2.28. The number of nitrogens with two attached hydrogens (primary N) is 1. The maximum absolute atomic E-state index is 12.4. The molecule has 2 atom stereocenters. The van der Waals surface area contributed by atoms with Crippen LogP contribution in [-0.4, -0.2) is 30.1 Å². The van der Waals surface area contributed by atoms with Gasteiger partial charge in [-0.15, -0.1) is 0 Å². The third-order valence-corrected chi connectivity index (χ3v) is 5.18. The smallest absolute Gasteiger partial charge is 0.259 e. The highest BCUT2D eigenvalue weighted by molar-refractivity contribution is 7.89. The lowest BCUT2D eigenvalue weighted by Gasteiger charge is -2.28. The number of imidazole rings is 1. The molecule has 3 N–H and O–H groups in total. The molecule has 7 heteroatoms. The van der Waals surface area contributed by atoms with Crippen molar-refractivity contribution < 1.29 is 8.42 Å². The lowest BCUT2D eigenvalue weighted by molar-refractivity contribution is 0.361.